The summed E-state index contributed by atoms with van der Waals surface area (Å²) in [6, 6.07) is 4.28. The lowest BCUT2D eigenvalue weighted by molar-refractivity contribution is 0.167. The molecule has 0 aliphatic carbocycles. The molecule has 1 spiro atoms. The molecule has 106 valence electrons. The summed E-state index contributed by atoms with van der Waals surface area (Å²) in [5, 5.41) is 3.48. The van der Waals surface area contributed by atoms with Gasteiger partial charge in [-0.05, 0) is 56.3 Å². The first kappa shape index (κ1) is 14.3. The summed E-state index contributed by atoms with van der Waals surface area (Å²) in [5.41, 5.74) is 1.92. The molecule has 3 heterocycles. The van der Waals surface area contributed by atoms with Gasteiger partial charge in [-0.25, -0.2) is 0 Å². The fourth-order valence-corrected chi connectivity index (χ4v) is 3.35. The molecule has 2 fully saturated rings. The lowest BCUT2D eigenvalue weighted by atomic mass is 9.73. The molecule has 1 aromatic rings. The van der Waals surface area contributed by atoms with Crippen LogP contribution in [0, 0.1) is 5.41 Å². The maximum atomic E-state index is 4.11. The van der Waals surface area contributed by atoms with Crippen molar-refractivity contribution in [3.63, 3.8) is 0 Å². The Hall–Kier alpha value is -1.09. The van der Waals surface area contributed by atoms with E-state index in [0.717, 1.165) is 0 Å². The maximum Gasteiger partial charge on any atom is 0.0397 e. The molecule has 0 amide bonds. The van der Waals surface area contributed by atoms with E-state index in [1.807, 2.05) is 26.2 Å². The molecule has 0 unspecified atom stereocenters. The fraction of sp³-hybridized carbons (Fsp3) is 0.688. The Morgan fingerprint density at radius 2 is 1.79 bits per heavy atom. The Bertz CT molecular complexity index is 352. The second-order valence-electron chi connectivity index (χ2n) is 5.48. The van der Waals surface area contributed by atoms with Crippen molar-refractivity contribution < 1.29 is 0 Å². The predicted molar refractivity (Wildman–Crippen MR) is 81.6 cm³/mol. The minimum atomic E-state index is 0.576. The Kier molecular flexibility index (Phi) is 5.20. The smallest absolute Gasteiger partial charge is 0.0397 e. The van der Waals surface area contributed by atoms with Gasteiger partial charge in [-0.2, -0.15) is 0 Å². The van der Waals surface area contributed by atoms with Gasteiger partial charge in [0.2, 0.25) is 0 Å². The van der Waals surface area contributed by atoms with E-state index in [1.54, 1.807) is 0 Å². The molecular weight excluding hydrogens is 234 g/mol. The van der Waals surface area contributed by atoms with Crippen molar-refractivity contribution >= 4 is 5.69 Å². The maximum absolute atomic E-state index is 4.11. The van der Waals surface area contributed by atoms with Crippen LogP contribution in [0.4, 0.5) is 5.69 Å². The quantitative estimate of drug-likeness (QED) is 0.842. The third kappa shape index (κ3) is 3.47. The van der Waals surface area contributed by atoms with Crippen LogP contribution in [-0.4, -0.2) is 31.2 Å². The second kappa shape index (κ2) is 6.90. The zero-order chi connectivity index (χ0) is 13.6. The number of hydrogen-bond acceptors (Lipinski definition) is 3. The van der Waals surface area contributed by atoms with Crippen LogP contribution < -0.4 is 10.2 Å². The van der Waals surface area contributed by atoms with Gasteiger partial charge in [-0.3, -0.25) is 4.98 Å². The molecule has 0 radical (unpaired) electrons. The van der Waals surface area contributed by atoms with Crippen molar-refractivity contribution in [2.24, 2.45) is 5.41 Å². The van der Waals surface area contributed by atoms with Gasteiger partial charge in [0.1, 0.15) is 0 Å². The lowest BCUT2D eigenvalue weighted by Crippen LogP contribution is -2.48. The number of anilines is 1. The summed E-state index contributed by atoms with van der Waals surface area (Å²) in [5.74, 6) is 0. The van der Waals surface area contributed by atoms with Crippen molar-refractivity contribution in [2.75, 3.05) is 31.1 Å². The summed E-state index contributed by atoms with van der Waals surface area (Å²) in [6.07, 6.45) is 9.24. The Morgan fingerprint density at radius 1 is 1.11 bits per heavy atom. The van der Waals surface area contributed by atoms with Crippen LogP contribution in [-0.2, 0) is 0 Å². The predicted octanol–water partition coefficient (Wildman–Crippen LogP) is 3.08. The minimum Gasteiger partial charge on any atom is -0.371 e. The van der Waals surface area contributed by atoms with Crippen molar-refractivity contribution in [1.29, 1.82) is 0 Å². The highest BCUT2D eigenvalue weighted by atomic mass is 15.1. The first-order valence-electron chi connectivity index (χ1n) is 7.74. The summed E-state index contributed by atoms with van der Waals surface area (Å²) in [7, 11) is 0. The van der Waals surface area contributed by atoms with Crippen LogP contribution in [0.25, 0.3) is 0 Å². The first-order chi connectivity index (χ1) is 9.38. The molecule has 3 rings (SSSR count). The van der Waals surface area contributed by atoms with Crippen LogP contribution in [0.2, 0.25) is 0 Å². The molecule has 0 saturated carbocycles. The number of piperidine rings is 2. The molecule has 0 bridgehead atoms. The van der Waals surface area contributed by atoms with Crippen LogP contribution in [0.3, 0.4) is 0 Å². The average Bonchev–Trinajstić information content (AvgIpc) is 2.51. The van der Waals surface area contributed by atoms with Crippen molar-refractivity contribution in [2.45, 2.75) is 39.5 Å². The van der Waals surface area contributed by atoms with Crippen molar-refractivity contribution in [1.82, 2.24) is 10.3 Å². The van der Waals surface area contributed by atoms with E-state index in [4.69, 9.17) is 0 Å². The van der Waals surface area contributed by atoms with E-state index in [-0.39, 0.29) is 0 Å². The largest absolute Gasteiger partial charge is 0.371 e. The number of nitrogens with zero attached hydrogens (tertiary/aromatic N) is 2. The number of aromatic nitrogens is 1. The summed E-state index contributed by atoms with van der Waals surface area (Å²) in [6.45, 7) is 8.84. The number of pyridine rings is 1. The van der Waals surface area contributed by atoms with Gasteiger partial charge in [-0.1, -0.05) is 13.8 Å². The van der Waals surface area contributed by atoms with E-state index in [1.165, 1.54) is 57.5 Å². The molecule has 0 aromatic carbocycles. The Labute approximate surface area is 117 Å². The standard InChI is InChI=1S/C14H21N3.C2H6/c1-4-14(5-9-16-10-6-14)12-17(11-1)13-2-7-15-8-3-13;1-2/h2-3,7-8,16H,1,4-6,9-12H2;1-2H3. The highest BCUT2D eigenvalue weighted by Crippen LogP contribution is 2.39. The molecule has 2 aliphatic heterocycles. The normalized spacial score (nSPS) is 21.7. The van der Waals surface area contributed by atoms with Crippen LogP contribution >= 0.6 is 0 Å². The number of rotatable bonds is 1. The lowest BCUT2D eigenvalue weighted by Gasteiger charge is -2.46. The SMILES string of the molecule is CC.c1cc(N2CCCC3(CCNCC3)C2)ccn1. The third-order valence-electron chi connectivity index (χ3n) is 4.35. The monoisotopic (exact) mass is 261 g/mol. The Balaban J connectivity index is 0.000000637. The molecule has 1 N–H and O–H groups in total. The summed E-state index contributed by atoms with van der Waals surface area (Å²) >= 11 is 0. The minimum absolute atomic E-state index is 0.576. The van der Waals surface area contributed by atoms with Crippen LogP contribution in [0.1, 0.15) is 39.5 Å². The van der Waals surface area contributed by atoms with Crippen molar-refractivity contribution in [3.8, 4) is 0 Å². The molecule has 3 nitrogen and oxygen atoms in total. The zero-order valence-corrected chi connectivity index (χ0v) is 12.4. The van der Waals surface area contributed by atoms with E-state index in [2.05, 4.69) is 27.3 Å². The molecule has 0 atom stereocenters. The van der Waals surface area contributed by atoms with Gasteiger partial charge < -0.3 is 10.2 Å². The van der Waals surface area contributed by atoms with Gasteiger partial charge in [0.15, 0.2) is 0 Å². The molecule has 19 heavy (non-hydrogen) atoms. The molecule has 2 saturated heterocycles. The van der Waals surface area contributed by atoms with Gasteiger partial charge in [0, 0.05) is 31.2 Å². The van der Waals surface area contributed by atoms with Crippen molar-refractivity contribution in [3.05, 3.63) is 24.5 Å². The van der Waals surface area contributed by atoms with Gasteiger partial charge in [0.05, 0.1) is 0 Å². The van der Waals surface area contributed by atoms with Crippen LogP contribution in [0.15, 0.2) is 24.5 Å². The summed E-state index contributed by atoms with van der Waals surface area (Å²) in [4.78, 5) is 6.66. The van der Waals surface area contributed by atoms with Gasteiger partial charge in [-0.15, -0.1) is 0 Å². The van der Waals surface area contributed by atoms with E-state index >= 15 is 0 Å². The Morgan fingerprint density at radius 3 is 2.47 bits per heavy atom. The number of hydrogen-bond donors (Lipinski definition) is 1. The average molecular weight is 261 g/mol. The first-order valence-corrected chi connectivity index (χ1v) is 7.74. The highest BCUT2D eigenvalue weighted by molar-refractivity contribution is 5.45. The molecule has 2 aliphatic rings. The van der Waals surface area contributed by atoms with E-state index < -0.39 is 0 Å². The molecule has 3 heteroatoms. The van der Waals surface area contributed by atoms with Gasteiger partial charge >= 0.3 is 0 Å². The molecular formula is C16H27N3. The van der Waals surface area contributed by atoms with Gasteiger partial charge in [0.25, 0.3) is 0 Å². The van der Waals surface area contributed by atoms with E-state index in [0.29, 0.717) is 5.41 Å². The number of nitrogens with one attached hydrogen (secondary N) is 1. The summed E-state index contributed by atoms with van der Waals surface area (Å²) < 4.78 is 0. The zero-order valence-electron chi connectivity index (χ0n) is 12.4. The van der Waals surface area contributed by atoms with E-state index in [9.17, 15) is 0 Å². The highest BCUT2D eigenvalue weighted by Gasteiger charge is 2.36. The van der Waals surface area contributed by atoms with Crippen LogP contribution in [0.5, 0.6) is 0 Å². The second-order valence-corrected chi connectivity index (χ2v) is 5.48. The topological polar surface area (TPSA) is 28.2 Å². The fourth-order valence-electron chi connectivity index (χ4n) is 3.35. The molecule has 1 aromatic heterocycles. The third-order valence-corrected chi connectivity index (χ3v) is 4.35.